The number of esters is 1. The summed E-state index contributed by atoms with van der Waals surface area (Å²) in [7, 11) is 3.18. The van der Waals surface area contributed by atoms with Gasteiger partial charge >= 0.3 is 5.97 Å². The molecular weight excluding hydrogens is 466 g/mol. The minimum atomic E-state index is -0.711. The Morgan fingerprint density at radius 2 is 1.77 bits per heavy atom. The van der Waals surface area contributed by atoms with E-state index in [4.69, 9.17) is 30.8 Å². The van der Waals surface area contributed by atoms with Gasteiger partial charge in [0.15, 0.2) is 17.3 Å². The zero-order valence-electron chi connectivity index (χ0n) is 20.6. The van der Waals surface area contributed by atoms with Gasteiger partial charge in [0.2, 0.25) is 0 Å². The van der Waals surface area contributed by atoms with Gasteiger partial charge in [-0.2, -0.15) is 0 Å². The zero-order valence-corrected chi connectivity index (χ0v) is 21.4. The molecule has 2 aliphatic rings. The van der Waals surface area contributed by atoms with Gasteiger partial charge in [0.1, 0.15) is 5.92 Å². The maximum atomic E-state index is 13.7. The molecule has 3 unspecified atom stereocenters. The van der Waals surface area contributed by atoms with Crippen LogP contribution in [0.2, 0.25) is 5.02 Å². The van der Waals surface area contributed by atoms with Gasteiger partial charge in [-0.05, 0) is 62.4 Å². The normalized spacial score (nSPS) is 22.0. The first-order chi connectivity index (χ1) is 16.7. The van der Waals surface area contributed by atoms with Crippen molar-refractivity contribution < 1.29 is 23.8 Å². The molecular formula is C28H30ClNO5. The van der Waals surface area contributed by atoms with Crippen LogP contribution < -0.4 is 9.47 Å². The number of ketones is 1. The van der Waals surface area contributed by atoms with Crippen molar-refractivity contribution in [3.05, 3.63) is 69.9 Å². The fourth-order valence-corrected chi connectivity index (χ4v) is 5.33. The number of nitrogens with zero attached hydrogens (tertiary/aromatic N) is 1. The van der Waals surface area contributed by atoms with E-state index >= 15 is 0 Å². The fourth-order valence-electron chi connectivity index (χ4n) is 5.08. The number of Topliss-reactive ketones (excluding diaryl/α,β-unsaturated/α-hetero) is 1. The van der Waals surface area contributed by atoms with Crippen LogP contribution >= 0.6 is 11.6 Å². The molecule has 0 saturated heterocycles. The molecule has 0 fully saturated rings. The second kappa shape index (κ2) is 10.2. The predicted octanol–water partition coefficient (Wildman–Crippen LogP) is 5.88. The van der Waals surface area contributed by atoms with Crippen LogP contribution in [-0.4, -0.2) is 37.8 Å². The fraction of sp³-hybridized carbons (Fsp3) is 0.393. The SMILES string of the molecule is COc1ccc(C2CC(=O)C3=C(C2)N=C(C)C(C(=O)OC(C)C)C3c2ccccc2Cl)cc1OC. The number of aliphatic imine (C=N–C) groups is 1. The molecule has 0 saturated carbocycles. The van der Waals surface area contributed by atoms with Crippen LogP contribution in [0.25, 0.3) is 0 Å². The summed E-state index contributed by atoms with van der Waals surface area (Å²) in [5.74, 6) is -0.495. The monoisotopic (exact) mass is 495 g/mol. The predicted molar refractivity (Wildman–Crippen MR) is 136 cm³/mol. The summed E-state index contributed by atoms with van der Waals surface area (Å²) in [4.78, 5) is 31.7. The van der Waals surface area contributed by atoms with E-state index in [1.807, 2.05) is 57.2 Å². The molecule has 0 radical (unpaired) electrons. The van der Waals surface area contributed by atoms with Crippen molar-refractivity contribution in [2.75, 3.05) is 14.2 Å². The molecule has 184 valence electrons. The number of ether oxygens (including phenoxy) is 3. The Morgan fingerprint density at radius 1 is 1.06 bits per heavy atom. The summed E-state index contributed by atoms with van der Waals surface area (Å²) < 4.78 is 16.4. The second-order valence-electron chi connectivity index (χ2n) is 9.22. The Balaban J connectivity index is 1.79. The van der Waals surface area contributed by atoms with Crippen LogP contribution in [-0.2, 0) is 14.3 Å². The summed E-state index contributed by atoms with van der Waals surface area (Å²) in [5.41, 5.74) is 3.61. The van der Waals surface area contributed by atoms with Crippen LogP contribution in [0.4, 0.5) is 0 Å². The number of allylic oxidation sites excluding steroid dienone is 2. The van der Waals surface area contributed by atoms with Crippen LogP contribution in [0.3, 0.4) is 0 Å². The average Bonchev–Trinajstić information content (AvgIpc) is 2.82. The number of carbonyl (C=O) groups excluding carboxylic acids is 2. The van der Waals surface area contributed by atoms with Crippen LogP contribution in [0.5, 0.6) is 11.5 Å². The molecule has 3 atom stereocenters. The molecule has 4 rings (SSSR count). The first-order valence-corrected chi connectivity index (χ1v) is 12.1. The molecule has 0 aromatic heterocycles. The lowest BCUT2D eigenvalue weighted by Gasteiger charge is -2.37. The number of halogens is 1. The van der Waals surface area contributed by atoms with Crippen molar-refractivity contribution in [2.45, 2.75) is 51.6 Å². The van der Waals surface area contributed by atoms with Crippen molar-refractivity contribution in [2.24, 2.45) is 10.9 Å². The Morgan fingerprint density at radius 3 is 2.43 bits per heavy atom. The number of benzene rings is 2. The van der Waals surface area contributed by atoms with E-state index in [0.717, 1.165) is 11.1 Å². The van der Waals surface area contributed by atoms with Crippen molar-refractivity contribution in [3.8, 4) is 11.5 Å². The Kier molecular flexibility index (Phi) is 7.31. The van der Waals surface area contributed by atoms with E-state index in [1.165, 1.54) is 0 Å². The molecule has 7 heteroatoms. The van der Waals surface area contributed by atoms with E-state index in [0.29, 0.717) is 46.3 Å². The van der Waals surface area contributed by atoms with Gasteiger partial charge in [-0.25, -0.2) is 0 Å². The summed E-state index contributed by atoms with van der Waals surface area (Å²) in [5, 5.41) is 0.510. The molecule has 0 spiro atoms. The van der Waals surface area contributed by atoms with Crippen molar-refractivity contribution in [1.82, 2.24) is 0 Å². The van der Waals surface area contributed by atoms with E-state index in [9.17, 15) is 9.59 Å². The van der Waals surface area contributed by atoms with Crippen LogP contribution in [0.1, 0.15) is 56.6 Å². The average molecular weight is 496 g/mol. The molecule has 0 amide bonds. The maximum absolute atomic E-state index is 13.7. The Hall–Kier alpha value is -3.12. The number of carbonyl (C=O) groups is 2. The summed E-state index contributed by atoms with van der Waals surface area (Å²) in [6.45, 7) is 5.44. The minimum Gasteiger partial charge on any atom is -0.493 e. The second-order valence-corrected chi connectivity index (χ2v) is 9.63. The maximum Gasteiger partial charge on any atom is 0.315 e. The topological polar surface area (TPSA) is 74.2 Å². The highest BCUT2D eigenvalue weighted by molar-refractivity contribution is 6.31. The molecule has 1 heterocycles. The van der Waals surface area contributed by atoms with Gasteiger partial charge in [0.25, 0.3) is 0 Å². The van der Waals surface area contributed by atoms with E-state index in [1.54, 1.807) is 20.3 Å². The van der Waals surface area contributed by atoms with Crippen LogP contribution in [0.15, 0.2) is 58.7 Å². The highest BCUT2D eigenvalue weighted by Crippen LogP contribution is 2.48. The van der Waals surface area contributed by atoms with E-state index < -0.39 is 17.8 Å². The molecule has 1 aliphatic carbocycles. The summed E-state index contributed by atoms with van der Waals surface area (Å²) >= 11 is 6.59. The van der Waals surface area contributed by atoms with Crippen molar-refractivity contribution >= 4 is 29.1 Å². The lowest BCUT2D eigenvalue weighted by molar-refractivity contribution is -0.150. The molecule has 6 nitrogen and oxygen atoms in total. The smallest absolute Gasteiger partial charge is 0.315 e. The molecule has 0 bridgehead atoms. The minimum absolute atomic E-state index is 0.0328. The molecule has 0 N–H and O–H groups in total. The molecule has 1 aliphatic heterocycles. The van der Waals surface area contributed by atoms with Gasteiger partial charge in [-0.3, -0.25) is 14.6 Å². The van der Waals surface area contributed by atoms with Gasteiger partial charge in [-0.1, -0.05) is 35.9 Å². The van der Waals surface area contributed by atoms with Gasteiger partial charge in [0.05, 0.1) is 20.3 Å². The summed E-state index contributed by atoms with van der Waals surface area (Å²) in [6.07, 6.45) is 0.588. The van der Waals surface area contributed by atoms with Gasteiger partial charge in [-0.15, -0.1) is 0 Å². The number of hydrogen-bond donors (Lipinski definition) is 0. The lowest BCUT2D eigenvalue weighted by Crippen LogP contribution is -2.38. The van der Waals surface area contributed by atoms with Crippen molar-refractivity contribution in [3.63, 3.8) is 0 Å². The number of rotatable bonds is 6. The Bertz CT molecular complexity index is 1220. The van der Waals surface area contributed by atoms with Crippen LogP contribution in [0, 0.1) is 5.92 Å². The number of methoxy groups -OCH3 is 2. The van der Waals surface area contributed by atoms with Gasteiger partial charge in [0, 0.05) is 34.3 Å². The quantitative estimate of drug-likeness (QED) is 0.467. The largest absolute Gasteiger partial charge is 0.493 e. The zero-order chi connectivity index (χ0) is 25.3. The third-order valence-electron chi connectivity index (χ3n) is 6.61. The van der Waals surface area contributed by atoms with E-state index in [-0.39, 0.29) is 17.8 Å². The highest BCUT2D eigenvalue weighted by atomic mass is 35.5. The van der Waals surface area contributed by atoms with Crippen molar-refractivity contribution in [1.29, 1.82) is 0 Å². The number of hydrogen-bond acceptors (Lipinski definition) is 6. The molecule has 35 heavy (non-hydrogen) atoms. The van der Waals surface area contributed by atoms with Gasteiger partial charge < -0.3 is 14.2 Å². The Labute approximate surface area is 210 Å². The standard InChI is InChI=1S/C28H30ClNO5/c1-15(2)35-28(32)25-16(3)30-21-12-18(17-10-11-23(33-4)24(14-17)34-5)13-22(31)27(21)26(25)19-8-6-7-9-20(19)29/h6-11,14-15,18,25-26H,12-13H2,1-5H3. The third-order valence-corrected chi connectivity index (χ3v) is 6.96. The molecule has 2 aromatic rings. The first-order valence-electron chi connectivity index (χ1n) is 11.7. The first kappa shape index (κ1) is 25.0. The van der Waals surface area contributed by atoms with E-state index in [2.05, 4.69) is 0 Å². The summed E-state index contributed by atoms with van der Waals surface area (Å²) in [6, 6.07) is 13.1. The lowest BCUT2D eigenvalue weighted by atomic mass is 9.69. The highest BCUT2D eigenvalue weighted by Gasteiger charge is 2.45. The molecule has 2 aromatic carbocycles. The third kappa shape index (κ3) is 4.85.